The van der Waals surface area contributed by atoms with Crippen LogP contribution in [0.1, 0.15) is 70.4 Å². The molecule has 1 aliphatic carbocycles. The Morgan fingerprint density at radius 2 is 1.91 bits per heavy atom. The molecule has 3 aliphatic heterocycles. The zero-order valence-corrected chi connectivity index (χ0v) is 26.7. The summed E-state index contributed by atoms with van der Waals surface area (Å²) in [5.41, 5.74) is 0.347. The number of nitrogens with zero attached hydrogens (tertiary/aromatic N) is 2. The molecule has 3 N–H and O–H groups in total. The van der Waals surface area contributed by atoms with Crippen LogP contribution in [0.3, 0.4) is 0 Å². The number of allylic oxidation sites excluding steroid dienone is 1. The van der Waals surface area contributed by atoms with E-state index < -0.39 is 66.5 Å². The van der Waals surface area contributed by atoms with E-state index in [2.05, 4.69) is 17.2 Å². The fraction of sp³-hybridized carbons (Fsp3) is 0.625. The number of alkyl carbamates (subject to hydrolysis) is 1. The van der Waals surface area contributed by atoms with Gasteiger partial charge in [-0.15, -0.1) is 6.58 Å². The molecule has 1 aromatic rings. The minimum Gasteiger partial charge on any atom is -0.446 e. The molecule has 0 bridgehead atoms. The highest BCUT2D eigenvalue weighted by molar-refractivity contribution is 6.46. The third-order valence-corrected chi connectivity index (χ3v) is 9.33. The molecule has 5 atom stereocenters. The lowest BCUT2D eigenvalue weighted by Crippen LogP contribution is -2.59. The molecular weight excluding hydrogens is 598 g/mol. The van der Waals surface area contributed by atoms with Gasteiger partial charge >= 0.3 is 19.3 Å². The van der Waals surface area contributed by atoms with Gasteiger partial charge in [-0.1, -0.05) is 39.0 Å². The topological polar surface area (TPSA) is 147 Å². The summed E-state index contributed by atoms with van der Waals surface area (Å²) in [6.45, 7) is 9.47. The molecule has 250 valence electrons. The summed E-state index contributed by atoms with van der Waals surface area (Å²) in [7, 11) is -1.24. The van der Waals surface area contributed by atoms with E-state index in [1.165, 1.54) is 15.9 Å². The molecule has 46 heavy (non-hydrogen) atoms. The van der Waals surface area contributed by atoms with E-state index in [4.69, 9.17) is 14.1 Å². The molecule has 0 spiro atoms. The Morgan fingerprint density at radius 1 is 1.17 bits per heavy atom. The first-order valence-corrected chi connectivity index (χ1v) is 16.1. The number of carbonyl (C=O) groups is 4. The molecule has 1 saturated carbocycles. The van der Waals surface area contributed by atoms with Crippen LogP contribution in [0.25, 0.3) is 0 Å². The van der Waals surface area contributed by atoms with Crippen LogP contribution in [0, 0.1) is 17.2 Å². The van der Waals surface area contributed by atoms with Crippen LogP contribution in [-0.4, -0.2) is 89.3 Å². The third kappa shape index (κ3) is 7.49. The summed E-state index contributed by atoms with van der Waals surface area (Å²) in [6, 6.07) is 2.54. The molecule has 1 unspecified atom stereocenters. The van der Waals surface area contributed by atoms with Crippen molar-refractivity contribution in [2.75, 3.05) is 13.2 Å². The summed E-state index contributed by atoms with van der Waals surface area (Å²) >= 11 is 0. The normalized spacial score (nSPS) is 25.3. The van der Waals surface area contributed by atoms with Gasteiger partial charge in [-0.25, -0.2) is 14.0 Å². The summed E-state index contributed by atoms with van der Waals surface area (Å²) in [4.78, 5) is 56.8. The molecule has 4 aliphatic rings. The van der Waals surface area contributed by atoms with Crippen LogP contribution in [0.5, 0.6) is 0 Å². The molecule has 14 heteroatoms. The number of rotatable bonds is 8. The maximum atomic E-state index is 14.3. The maximum absolute atomic E-state index is 14.3. The fourth-order valence-corrected chi connectivity index (χ4v) is 6.77. The van der Waals surface area contributed by atoms with E-state index in [1.54, 1.807) is 39.0 Å². The molecular formula is C32H44BFN4O8. The van der Waals surface area contributed by atoms with Gasteiger partial charge in [0.25, 0.3) is 0 Å². The summed E-state index contributed by atoms with van der Waals surface area (Å²) in [5, 5.41) is 16.0. The molecule has 3 fully saturated rings. The maximum Gasteiger partial charge on any atom is 0.478 e. The number of ether oxygens (including phenoxy) is 2. The summed E-state index contributed by atoms with van der Waals surface area (Å²) in [6.07, 6.45) is 3.16. The number of benzene rings is 1. The van der Waals surface area contributed by atoms with Crippen molar-refractivity contribution in [3.05, 3.63) is 47.8 Å². The Balaban J connectivity index is 1.33. The molecule has 1 aromatic carbocycles. The lowest BCUT2D eigenvalue weighted by Gasteiger charge is -2.35. The van der Waals surface area contributed by atoms with Gasteiger partial charge in [0.2, 0.25) is 11.8 Å². The van der Waals surface area contributed by atoms with Gasteiger partial charge in [0.15, 0.2) is 0 Å². The minimum atomic E-state index is -1.24. The first kappa shape index (κ1) is 33.7. The lowest BCUT2D eigenvalue weighted by molar-refractivity contribution is -0.142. The van der Waals surface area contributed by atoms with Crippen LogP contribution in [0.15, 0.2) is 30.9 Å². The largest absolute Gasteiger partial charge is 0.478 e. The zero-order valence-electron chi connectivity index (χ0n) is 26.7. The van der Waals surface area contributed by atoms with Crippen molar-refractivity contribution >= 4 is 31.1 Å². The average Bonchev–Trinajstić information content (AvgIpc) is 3.80. The van der Waals surface area contributed by atoms with Gasteiger partial charge < -0.3 is 34.7 Å². The van der Waals surface area contributed by atoms with Gasteiger partial charge in [-0.2, -0.15) is 0 Å². The van der Waals surface area contributed by atoms with Crippen molar-refractivity contribution < 1.29 is 42.7 Å². The van der Waals surface area contributed by atoms with E-state index in [0.29, 0.717) is 17.5 Å². The molecule has 0 aromatic heterocycles. The Kier molecular flexibility index (Phi) is 10.3. The van der Waals surface area contributed by atoms with Crippen molar-refractivity contribution in [3.63, 3.8) is 0 Å². The second-order valence-corrected chi connectivity index (χ2v) is 13.8. The Morgan fingerprint density at radius 3 is 2.59 bits per heavy atom. The highest BCUT2D eigenvalue weighted by atomic mass is 19.1. The molecule has 12 nitrogen and oxygen atoms in total. The van der Waals surface area contributed by atoms with Gasteiger partial charge in [-0.3, -0.25) is 14.5 Å². The number of hydrogen-bond donors (Lipinski definition) is 3. The van der Waals surface area contributed by atoms with Gasteiger partial charge in [-0.05, 0) is 49.1 Å². The highest BCUT2D eigenvalue weighted by Gasteiger charge is 2.49. The Hall–Kier alpha value is -3.65. The minimum absolute atomic E-state index is 0.0162. The number of nitrogens with one attached hydrogen (secondary N) is 2. The van der Waals surface area contributed by atoms with Crippen molar-refractivity contribution in [1.29, 1.82) is 0 Å². The SMILES string of the molecule is C=CC[C@H]1COB(O)C1NC(=O)[C@@H]1C[C@@H](OC(=O)N2Cc3cccc(F)c3C2)CN1C(=O)[C@@H](NC(=O)OC1CCCC1)C(C)(C)C. The van der Waals surface area contributed by atoms with Crippen LogP contribution >= 0.6 is 0 Å². The van der Waals surface area contributed by atoms with E-state index in [1.807, 2.05) is 0 Å². The predicted molar refractivity (Wildman–Crippen MR) is 165 cm³/mol. The quantitative estimate of drug-likeness (QED) is 0.290. The van der Waals surface area contributed by atoms with Crippen molar-refractivity contribution in [1.82, 2.24) is 20.4 Å². The second-order valence-electron chi connectivity index (χ2n) is 13.8. The zero-order chi connectivity index (χ0) is 33.2. The fourth-order valence-electron chi connectivity index (χ4n) is 6.77. The van der Waals surface area contributed by atoms with Crippen molar-refractivity contribution in [3.8, 4) is 0 Å². The lowest BCUT2D eigenvalue weighted by atomic mass is 9.74. The number of hydrogen-bond acceptors (Lipinski definition) is 8. The van der Waals surface area contributed by atoms with Crippen LogP contribution in [0.2, 0.25) is 0 Å². The molecule has 2 saturated heterocycles. The monoisotopic (exact) mass is 642 g/mol. The smallest absolute Gasteiger partial charge is 0.446 e. The van der Waals surface area contributed by atoms with Crippen LogP contribution in [-0.2, 0) is 36.8 Å². The van der Waals surface area contributed by atoms with Crippen molar-refractivity contribution in [2.45, 2.75) is 103 Å². The molecule has 5 rings (SSSR count). The Bertz CT molecular complexity index is 1340. The van der Waals surface area contributed by atoms with Crippen LogP contribution < -0.4 is 10.6 Å². The second kappa shape index (κ2) is 14.0. The standard InChI is InChI=1S/C32H44BFN4O8/c1-5-9-20-18-44-33(43)27(20)36-28(39)25-14-22(46-31(42)37-15-19-10-8-13-24(34)23(19)17-37)16-38(25)29(40)26(32(2,3)4)35-30(41)45-21-11-6-7-12-21/h5,8,10,13,20-22,25-27,43H,1,6-7,9,11-12,14-18H2,2-4H3,(H,35,41)(H,36,39)/t20-,22+,25-,26+,27?/m0/s1. The Labute approximate surface area is 269 Å². The van der Waals surface area contributed by atoms with Crippen LogP contribution in [0.4, 0.5) is 14.0 Å². The first-order chi connectivity index (χ1) is 21.8. The van der Waals surface area contributed by atoms with E-state index >= 15 is 0 Å². The summed E-state index contributed by atoms with van der Waals surface area (Å²) < 4.78 is 31.1. The van der Waals surface area contributed by atoms with Gasteiger partial charge in [0.1, 0.15) is 30.1 Å². The van der Waals surface area contributed by atoms with Crippen molar-refractivity contribution in [2.24, 2.45) is 11.3 Å². The average molecular weight is 643 g/mol. The number of amides is 4. The highest BCUT2D eigenvalue weighted by Crippen LogP contribution is 2.31. The number of likely N-dealkylation sites (tertiary alicyclic amines) is 1. The van der Waals surface area contributed by atoms with E-state index in [0.717, 1.165) is 25.7 Å². The number of fused-ring (bicyclic) bond motifs is 1. The van der Waals surface area contributed by atoms with Gasteiger partial charge in [0, 0.05) is 31.1 Å². The third-order valence-electron chi connectivity index (χ3n) is 9.33. The molecule has 0 radical (unpaired) electrons. The summed E-state index contributed by atoms with van der Waals surface area (Å²) in [5.74, 6) is -2.44. The van der Waals surface area contributed by atoms with Gasteiger partial charge in [0.05, 0.1) is 19.0 Å². The molecule has 4 amide bonds. The number of halogens is 1. The number of carbonyl (C=O) groups excluding carboxylic acids is 4. The van der Waals surface area contributed by atoms with E-state index in [9.17, 15) is 28.6 Å². The predicted octanol–water partition coefficient (Wildman–Crippen LogP) is 3.06. The van der Waals surface area contributed by atoms with E-state index in [-0.39, 0.29) is 44.7 Å². The first-order valence-electron chi connectivity index (χ1n) is 16.1. The molecule has 3 heterocycles.